The van der Waals surface area contributed by atoms with Crippen molar-refractivity contribution in [2.24, 2.45) is 0 Å². The number of benzene rings is 3. The average Bonchev–Trinajstić information content (AvgIpc) is 3.07. The van der Waals surface area contributed by atoms with Crippen LogP contribution in [-0.4, -0.2) is 27.6 Å². The molecule has 0 unspecified atom stereocenters. The molecule has 0 saturated carbocycles. The van der Waals surface area contributed by atoms with E-state index < -0.39 is 11.9 Å². The zero-order valence-electron chi connectivity index (χ0n) is 17.2. The van der Waals surface area contributed by atoms with Crippen LogP contribution in [0.1, 0.15) is 13.3 Å². The van der Waals surface area contributed by atoms with Gasteiger partial charge in [-0.2, -0.15) is 0 Å². The van der Waals surface area contributed by atoms with Gasteiger partial charge in [-0.25, -0.2) is 4.79 Å². The number of hydrogen-bond acceptors (Lipinski definition) is 4. The second-order valence-corrected chi connectivity index (χ2v) is 7.15. The molecule has 0 saturated heterocycles. The SMILES string of the molecule is CCn1c(=O)n(CCC(=O)OCC(=O)Nc2cccc3ccccc23)c2ccccc21. The number of carbonyl (C=O) groups is 2. The molecule has 0 aliphatic rings. The standard InChI is InChI=1S/C24H23N3O4/c1-2-26-20-12-5-6-13-21(20)27(24(26)30)15-14-23(29)31-16-22(28)25-19-11-7-9-17-8-3-4-10-18(17)19/h3-13H,2,14-16H2,1H3,(H,25,28). The van der Waals surface area contributed by atoms with Crippen molar-refractivity contribution in [3.8, 4) is 0 Å². The summed E-state index contributed by atoms with van der Waals surface area (Å²) >= 11 is 0. The summed E-state index contributed by atoms with van der Waals surface area (Å²) in [7, 11) is 0. The van der Waals surface area contributed by atoms with Gasteiger partial charge in [0.15, 0.2) is 6.61 Å². The summed E-state index contributed by atoms with van der Waals surface area (Å²) in [4.78, 5) is 37.1. The fraction of sp³-hybridized carbons (Fsp3) is 0.208. The second kappa shape index (κ2) is 8.87. The third kappa shape index (κ3) is 4.21. The Morgan fingerprint density at radius 3 is 2.35 bits per heavy atom. The first-order valence-corrected chi connectivity index (χ1v) is 10.2. The number of fused-ring (bicyclic) bond motifs is 2. The number of amides is 1. The lowest BCUT2D eigenvalue weighted by Crippen LogP contribution is -2.26. The Hall–Kier alpha value is -3.87. The molecule has 1 aromatic heterocycles. The van der Waals surface area contributed by atoms with Gasteiger partial charge < -0.3 is 10.1 Å². The Bertz CT molecular complexity index is 1310. The lowest BCUT2D eigenvalue weighted by atomic mass is 10.1. The smallest absolute Gasteiger partial charge is 0.329 e. The minimum atomic E-state index is -0.534. The highest BCUT2D eigenvalue weighted by Gasteiger charge is 2.14. The minimum absolute atomic E-state index is 0.000817. The van der Waals surface area contributed by atoms with E-state index in [4.69, 9.17) is 4.74 Å². The molecule has 7 nitrogen and oxygen atoms in total. The van der Waals surface area contributed by atoms with Crippen LogP contribution in [0.3, 0.4) is 0 Å². The van der Waals surface area contributed by atoms with Crippen molar-refractivity contribution >= 4 is 39.4 Å². The zero-order valence-corrected chi connectivity index (χ0v) is 17.2. The minimum Gasteiger partial charge on any atom is -0.456 e. The van der Waals surface area contributed by atoms with Gasteiger partial charge in [0, 0.05) is 24.2 Å². The molecule has 1 N–H and O–H groups in total. The number of aromatic nitrogens is 2. The van der Waals surface area contributed by atoms with E-state index in [-0.39, 0.29) is 25.3 Å². The van der Waals surface area contributed by atoms with Gasteiger partial charge in [0.2, 0.25) is 0 Å². The van der Waals surface area contributed by atoms with Gasteiger partial charge in [-0.05, 0) is 30.5 Å². The summed E-state index contributed by atoms with van der Waals surface area (Å²) in [6, 6.07) is 20.8. The molecule has 31 heavy (non-hydrogen) atoms. The van der Waals surface area contributed by atoms with Crippen LogP contribution in [-0.2, 0) is 27.4 Å². The molecule has 1 heterocycles. The highest BCUT2D eigenvalue weighted by atomic mass is 16.5. The third-order valence-corrected chi connectivity index (χ3v) is 5.21. The van der Waals surface area contributed by atoms with E-state index in [9.17, 15) is 14.4 Å². The number of nitrogens with zero attached hydrogens (tertiary/aromatic N) is 2. The topological polar surface area (TPSA) is 82.3 Å². The number of imidazole rings is 1. The number of nitrogens with one attached hydrogen (secondary N) is 1. The Balaban J connectivity index is 1.36. The first kappa shape index (κ1) is 20.4. The van der Waals surface area contributed by atoms with Crippen LogP contribution < -0.4 is 11.0 Å². The highest BCUT2D eigenvalue weighted by molar-refractivity contribution is 6.02. The van der Waals surface area contributed by atoms with Gasteiger partial charge in [-0.1, -0.05) is 48.5 Å². The first-order valence-electron chi connectivity index (χ1n) is 10.2. The molecule has 0 aliphatic carbocycles. The molecule has 0 atom stereocenters. The molecular weight excluding hydrogens is 394 g/mol. The van der Waals surface area contributed by atoms with Crippen LogP contribution in [0.5, 0.6) is 0 Å². The summed E-state index contributed by atoms with van der Waals surface area (Å²) in [5, 5.41) is 4.71. The number of rotatable bonds is 7. The molecule has 0 spiro atoms. The number of aryl methyl sites for hydroxylation is 2. The summed E-state index contributed by atoms with van der Waals surface area (Å²) in [6.07, 6.45) is -0.000817. The van der Waals surface area contributed by atoms with Gasteiger partial charge in [0.1, 0.15) is 0 Å². The fourth-order valence-corrected chi connectivity index (χ4v) is 3.74. The van der Waals surface area contributed by atoms with E-state index in [0.29, 0.717) is 12.2 Å². The van der Waals surface area contributed by atoms with E-state index in [1.54, 1.807) is 15.2 Å². The highest BCUT2D eigenvalue weighted by Crippen LogP contribution is 2.22. The van der Waals surface area contributed by atoms with Crippen LogP contribution in [0.15, 0.2) is 71.5 Å². The van der Waals surface area contributed by atoms with Crippen LogP contribution in [0.2, 0.25) is 0 Å². The number of para-hydroxylation sites is 2. The van der Waals surface area contributed by atoms with Crippen molar-refractivity contribution in [3.63, 3.8) is 0 Å². The van der Waals surface area contributed by atoms with E-state index in [0.717, 1.165) is 21.8 Å². The summed E-state index contributed by atoms with van der Waals surface area (Å²) in [5.41, 5.74) is 2.11. The van der Waals surface area contributed by atoms with E-state index in [1.165, 1.54) is 0 Å². The maximum absolute atomic E-state index is 12.6. The zero-order chi connectivity index (χ0) is 21.8. The molecule has 0 bridgehead atoms. The number of carbonyl (C=O) groups excluding carboxylic acids is 2. The Kier molecular flexibility index (Phi) is 5.84. The monoisotopic (exact) mass is 417 g/mol. The van der Waals surface area contributed by atoms with Crippen molar-refractivity contribution in [2.75, 3.05) is 11.9 Å². The molecule has 0 fully saturated rings. The van der Waals surface area contributed by atoms with E-state index in [1.807, 2.05) is 67.6 Å². The molecule has 4 rings (SSSR count). The van der Waals surface area contributed by atoms with Gasteiger partial charge >= 0.3 is 11.7 Å². The van der Waals surface area contributed by atoms with Crippen molar-refractivity contribution in [3.05, 3.63) is 77.2 Å². The summed E-state index contributed by atoms with van der Waals surface area (Å²) < 4.78 is 8.35. The number of anilines is 1. The molecular formula is C24H23N3O4. The first-order chi connectivity index (χ1) is 15.1. The fourth-order valence-electron chi connectivity index (χ4n) is 3.74. The molecule has 0 aliphatic heterocycles. The molecule has 1 amide bonds. The van der Waals surface area contributed by atoms with Gasteiger partial charge in [0.25, 0.3) is 5.91 Å². The van der Waals surface area contributed by atoms with Gasteiger partial charge in [-0.15, -0.1) is 0 Å². The molecule has 4 aromatic rings. The Morgan fingerprint density at radius 1 is 0.903 bits per heavy atom. The van der Waals surface area contributed by atoms with Crippen molar-refractivity contribution in [2.45, 2.75) is 26.4 Å². The molecule has 0 radical (unpaired) electrons. The number of esters is 1. The summed E-state index contributed by atoms with van der Waals surface area (Å²) in [5.74, 6) is -0.947. The van der Waals surface area contributed by atoms with Crippen LogP contribution in [0.4, 0.5) is 5.69 Å². The average molecular weight is 417 g/mol. The van der Waals surface area contributed by atoms with Crippen molar-refractivity contribution in [1.29, 1.82) is 0 Å². The lowest BCUT2D eigenvalue weighted by molar-refractivity contribution is -0.147. The quantitative estimate of drug-likeness (QED) is 0.466. The summed E-state index contributed by atoms with van der Waals surface area (Å²) in [6.45, 7) is 2.26. The normalized spacial score (nSPS) is 11.0. The Morgan fingerprint density at radius 2 is 1.58 bits per heavy atom. The van der Waals surface area contributed by atoms with Crippen LogP contribution in [0.25, 0.3) is 21.8 Å². The van der Waals surface area contributed by atoms with Crippen LogP contribution >= 0.6 is 0 Å². The van der Waals surface area contributed by atoms with Crippen molar-refractivity contribution < 1.29 is 14.3 Å². The Labute approximate surface area is 178 Å². The number of ether oxygens (including phenoxy) is 1. The predicted octanol–water partition coefficient (Wildman–Crippen LogP) is 3.55. The molecule has 7 heteroatoms. The van der Waals surface area contributed by atoms with E-state index >= 15 is 0 Å². The molecule has 3 aromatic carbocycles. The van der Waals surface area contributed by atoms with E-state index in [2.05, 4.69) is 5.32 Å². The largest absolute Gasteiger partial charge is 0.456 e. The molecule has 158 valence electrons. The maximum atomic E-state index is 12.6. The predicted molar refractivity (Wildman–Crippen MR) is 120 cm³/mol. The lowest BCUT2D eigenvalue weighted by Gasteiger charge is -2.09. The van der Waals surface area contributed by atoms with Gasteiger partial charge in [-0.3, -0.25) is 18.7 Å². The third-order valence-electron chi connectivity index (χ3n) is 5.21. The number of hydrogen-bond donors (Lipinski definition) is 1. The van der Waals surface area contributed by atoms with Crippen LogP contribution in [0, 0.1) is 0 Å². The second-order valence-electron chi connectivity index (χ2n) is 7.15. The van der Waals surface area contributed by atoms with Gasteiger partial charge in [0.05, 0.1) is 17.5 Å². The maximum Gasteiger partial charge on any atom is 0.329 e. The van der Waals surface area contributed by atoms with Crippen molar-refractivity contribution in [1.82, 2.24) is 9.13 Å².